The molecule has 1 aliphatic heterocycles. The van der Waals surface area contributed by atoms with Gasteiger partial charge in [-0.15, -0.1) is 0 Å². The van der Waals surface area contributed by atoms with Gasteiger partial charge in [-0.1, -0.05) is 12.1 Å². The number of halogens is 1. The van der Waals surface area contributed by atoms with Gasteiger partial charge in [0.2, 0.25) is 0 Å². The zero-order valence-corrected chi connectivity index (χ0v) is 15.0. The van der Waals surface area contributed by atoms with Gasteiger partial charge in [0.25, 0.3) is 0 Å². The van der Waals surface area contributed by atoms with Gasteiger partial charge in [0.1, 0.15) is 5.82 Å². The van der Waals surface area contributed by atoms with Crippen molar-refractivity contribution in [2.45, 2.75) is 43.9 Å². The van der Waals surface area contributed by atoms with Gasteiger partial charge in [0.05, 0.1) is 25.4 Å². The molecule has 1 saturated heterocycles. The number of nitrogens with one attached hydrogen (secondary N) is 2. The molecule has 2 amide bonds. The van der Waals surface area contributed by atoms with Crippen molar-refractivity contribution in [1.82, 2.24) is 15.5 Å². The lowest BCUT2D eigenvalue weighted by molar-refractivity contribution is 0.0166. The maximum atomic E-state index is 13.7. The quantitative estimate of drug-likeness (QED) is 0.744. The maximum Gasteiger partial charge on any atom is 0.315 e. The molecule has 1 aliphatic carbocycles. The van der Waals surface area contributed by atoms with Crippen LogP contribution >= 0.6 is 0 Å². The number of aliphatic hydroxyl groups excluding tert-OH is 1. The molecule has 1 unspecified atom stereocenters. The summed E-state index contributed by atoms with van der Waals surface area (Å²) in [5, 5.41) is 15.5. The summed E-state index contributed by atoms with van der Waals surface area (Å²) in [6, 6.07) is 6.36. The number of morpholine rings is 1. The molecule has 144 valence electrons. The molecular weight excluding hydrogens is 337 g/mol. The summed E-state index contributed by atoms with van der Waals surface area (Å²) in [5.74, 6) is -0.272. The highest BCUT2D eigenvalue weighted by Crippen LogP contribution is 2.22. The molecule has 1 atom stereocenters. The summed E-state index contributed by atoms with van der Waals surface area (Å²) < 4.78 is 19.1. The molecule has 0 bridgehead atoms. The average molecular weight is 365 g/mol. The molecule has 0 spiro atoms. The zero-order chi connectivity index (χ0) is 18.4. The maximum absolute atomic E-state index is 13.7. The van der Waals surface area contributed by atoms with Crippen molar-refractivity contribution in [2.75, 3.05) is 32.8 Å². The minimum atomic E-state index is -0.272. The lowest BCUT2D eigenvalue weighted by Crippen LogP contribution is -2.48. The van der Waals surface area contributed by atoms with Crippen LogP contribution in [0.2, 0.25) is 0 Å². The van der Waals surface area contributed by atoms with E-state index in [0.717, 1.165) is 44.3 Å². The van der Waals surface area contributed by atoms with E-state index < -0.39 is 0 Å². The van der Waals surface area contributed by atoms with Gasteiger partial charge in [-0.3, -0.25) is 4.90 Å². The van der Waals surface area contributed by atoms with E-state index in [0.29, 0.717) is 19.8 Å². The molecule has 26 heavy (non-hydrogen) atoms. The second-order valence-corrected chi connectivity index (χ2v) is 7.08. The van der Waals surface area contributed by atoms with Crippen LogP contribution in [-0.2, 0) is 4.74 Å². The van der Waals surface area contributed by atoms with Crippen LogP contribution in [0.4, 0.5) is 9.18 Å². The van der Waals surface area contributed by atoms with Crippen LogP contribution in [-0.4, -0.2) is 61.0 Å². The molecule has 2 aliphatic rings. The molecule has 1 aromatic carbocycles. The van der Waals surface area contributed by atoms with Gasteiger partial charge in [0, 0.05) is 25.7 Å². The standard InChI is InChI=1S/C19H28FN3O3/c20-15-3-1-2-14(12-15)18(23-8-10-26-11-9-23)13-21-19(25)22-16-4-6-17(24)7-5-16/h1-3,12,16-18,24H,4-11,13H2,(H2,21,22,25). The number of hydrogen-bond donors (Lipinski definition) is 3. The van der Waals surface area contributed by atoms with Crippen molar-refractivity contribution in [3.05, 3.63) is 35.6 Å². The largest absolute Gasteiger partial charge is 0.393 e. The number of amides is 2. The van der Waals surface area contributed by atoms with Crippen LogP contribution in [0.15, 0.2) is 24.3 Å². The number of aliphatic hydroxyl groups is 1. The third-order valence-electron chi connectivity index (χ3n) is 5.21. The Labute approximate surface area is 153 Å². The van der Waals surface area contributed by atoms with E-state index in [1.165, 1.54) is 12.1 Å². The van der Waals surface area contributed by atoms with Crippen LogP contribution in [0.1, 0.15) is 37.3 Å². The molecule has 1 aromatic rings. The fraction of sp³-hybridized carbons (Fsp3) is 0.632. The Balaban J connectivity index is 1.57. The first-order chi connectivity index (χ1) is 12.6. The first-order valence-corrected chi connectivity index (χ1v) is 9.41. The van der Waals surface area contributed by atoms with Gasteiger partial charge in [-0.05, 0) is 43.4 Å². The van der Waals surface area contributed by atoms with Crippen molar-refractivity contribution in [2.24, 2.45) is 0 Å². The van der Waals surface area contributed by atoms with E-state index >= 15 is 0 Å². The SMILES string of the molecule is O=C(NCC(c1cccc(F)c1)N1CCOCC1)NC1CCC(O)CC1. The highest BCUT2D eigenvalue weighted by atomic mass is 19.1. The van der Waals surface area contributed by atoms with Gasteiger partial charge < -0.3 is 20.5 Å². The van der Waals surface area contributed by atoms with Crippen LogP contribution in [0, 0.1) is 5.82 Å². The fourth-order valence-electron chi connectivity index (χ4n) is 3.71. The molecule has 7 heteroatoms. The Bertz CT molecular complexity index is 587. The number of nitrogens with zero attached hydrogens (tertiary/aromatic N) is 1. The van der Waals surface area contributed by atoms with Crippen LogP contribution in [0.5, 0.6) is 0 Å². The van der Waals surface area contributed by atoms with E-state index in [2.05, 4.69) is 15.5 Å². The number of urea groups is 1. The smallest absolute Gasteiger partial charge is 0.315 e. The monoisotopic (exact) mass is 365 g/mol. The lowest BCUT2D eigenvalue weighted by atomic mass is 9.93. The normalized spacial score (nSPS) is 25.5. The molecule has 3 rings (SSSR count). The van der Waals surface area contributed by atoms with Crippen molar-refractivity contribution in [3.8, 4) is 0 Å². The average Bonchev–Trinajstić information content (AvgIpc) is 2.65. The number of hydrogen-bond acceptors (Lipinski definition) is 4. The lowest BCUT2D eigenvalue weighted by Gasteiger charge is -2.35. The van der Waals surface area contributed by atoms with E-state index in [1.54, 1.807) is 6.07 Å². The van der Waals surface area contributed by atoms with Crippen molar-refractivity contribution in [1.29, 1.82) is 0 Å². The van der Waals surface area contributed by atoms with Gasteiger partial charge in [0.15, 0.2) is 0 Å². The number of rotatable bonds is 5. The second-order valence-electron chi connectivity index (χ2n) is 7.08. The van der Waals surface area contributed by atoms with E-state index in [4.69, 9.17) is 4.74 Å². The number of carbonyl (C=O) groups is 1. The Kier molecular flexibility index (Phi) is 6.82. The minimum absolute atomic E-state index is 0.0893. The Morgan fingerprint density at radius 2 is 2.00 bits per heavy atom. The third kappa shape index (κ3) is 5.40. The highest BCUT2D eigenvalue weighted by molar-refractivity contribution is 5.74. The molecule has 1 heterocycles. The summed E-state index contributed by atoms with van der Waals surface area (Å²) in [4.78, 5) is 14.5. The van der Waals surface area contributed by atoms with Crippen LogP contribution < -0.4 is 10.6 Å². The molecule has 0 radical (unpaired) electrons. The van der Waals surface area contributed by atoms with Crippen molar-refractivity contribution < 1.29 is 19.0 Å². The molecular formula is C19H28FN3O3. The number of benzene rings is 1. The Hall–Kier alpha value is -1.70. The third-order valence-corrected chi connectivity index (χ3v) is 5.21. The summed E-state index contributed by atoms with van der Waals surface area (Å²) in [6.45, 7) is 3.20. The molecule has 1 saturated carbocycles. The predicted molar refractivity (Wildman–Crippen MR) is 96.3 cm³/mol. The van der Waals surface area contributed by atoms with Crippen LogP contribution in [0.25, 0.3) is 0 Å². The highest BCUT2D eigenvalue weighted by Gasteiger charge is 2.25. The van der Waals surface area contributed by atoms with Gasteiger partial charge in [-0.25, -0.2) is 9.18 Å². The van der Waals surface area contributed by atoms with E-state index in [9.17, 15) is 14.3 Å². The second kappa shape index (κ2) is 9.30. The fourth-order valence-corrected chi connectivity index (χ4v) is 3.71. The van der Waals surface area contributed by atoms with E-state index in [-0.39, 0.29) is 30.0 Å². The Morgan fingerprint density at radius 1 is 1.27 bits per heavy atom. The minimum Gasteiger partial charge on any atom is -0.393 e. The summed E-state index contributed by atoms with van der Waals surface area (Å²) in [6.07, 6.45) is 2.81. The van der Waals surface area contributed by atoms with Crippen LogP contribution in [0.3, 0.4) is 0 Å². The number of ether oxygens (including phenoxy) is 1. The zero-order valence-electron chi connectivity index (χ0n) is 15.0. The van der Waals surface area contributed by atoms with Crippen molar-refractivity contribution >= 4 is 6.03 Å². The Morgan fingerprint density at radius 3 is 2.69 bits per heavy atom. The van der Waals surface area contributed by atoms with Crippen molar-refractivity contribution in [3.63, 3.8) is 0 Å². The predicted octanol–water partition coefficient (Wildman–Crippen LogP) is 1.80. The summed E-state index contributed by atoms with van der Waals surface area (Å²) in [7, 11) is 0. The number of carbonyl (C=O) groups excluding carboxylic acids is 1. The molecule has 3 N–H and O–H groups in total. The van der Waals surface area contributed by atoms with E-state index in [1.807, 2.05) is 6.07 Å². The molecule has 0 aromatic heterocycles. The molecule has 2 fully saturated rings. The molecule has 6 nitrogen and oxygen atoms in total. The summed E-state index contributed by atoms with van der Waals surface area (Å²) >= 11 is 0. The summed E-state index contributed by atoms with van der Waals surface area (Å²) in [5.41, 5.74) is 0.855. The van der Waals surface area contributed by atoms with Gasteiger partial charge in [-0.2, -0.15) is 0 Å². The first kappa shape index (κ1) is 19.1. The van der Waals surface area contributed by atoms with Gasteiger partial charge >= 0.3 is 6.03 Å². The topological polar surface area (TPSA) is 73.8 Å². The first-order valence-electron chi connectivity index (χ1n) is 9.41.